The highest BCUT2D eigenvalue weighted by Crippen LogP contribution is 2.30. The predicted octanol–water partition coefficient (Wildman–Crippen LogP) is 2.83. The number of methoxy groups -OCH3 is 1. The molecule has 20 heavy (non-hydrogen) atoms. The molecule has 2 aromatic rings. The zero-order valence-electron chi connectivity index (χ0n) is 11.6. The summed E-state index contributed by atoms with van der Waals surface area (Å²) in [5, 5.41) is 8.15. The zero-order chi connectivity index (χ0) is 13.1. The Morgan fingerprint density at radius 2 is 2.05 bits per heavy atom. The molecule has 0 saturated carbocycles. The van der Waals surface area contributed by atoms with E-state index in [0.29, 0.717) is 6.04 Å². The summed E-state index contributed by atoms with van der Waals surface area (Å²) in [4.78, 5) is 4.43. The molecule has 0 bridgehead atoms. The third kappa shape index (κ3) is 2.97. The van der Waals surface area contributed by atoms with Gasteiger partial charge in [0.2, 0.25) is 0 Å². The van der Waals surface area contributed by atoms with E-state index in [0.717, 1.165) is 48.3 Å². The molecule has 0 spiro atoms. The van der Waals surface area contributed by atoms with E-state index in [9.17, 15) is 0 Å². The third-order valence-electron chi connectivity index (χ3n) is 3.65. The minimum Gasteiger partial charge on any atom is -0.494 e. The van der Waals surface area contributed by atoms with Gasteiger partial charge in [-0.05, 0) is 50.2 Å². The van der Waals surface area contributed by atoms with E-state index in [2.05, 4.69) is 27.8 Å². The number of aromatic nitrogens is 1. The summed E-state index contributed by atoms with van der Waals surface area (Å²) in [5.41, 5.74) is 2.07. The summed E-state index contributed by atoms with van der Waals surface area (Å²) >= 11 is 0. The van der Waals surface area contributed by atoms with Crippen molar-refractivity contribution in [2.24, 2.45) is 0 Å². The van der Waals surface area contributed by atoms with Crippen LogP contribution in [-0.4, -0.2) is 31.2 Å². The lowest BCUT2D eigenvalue weighted by Gasteiger charge is -2.25. The fourth-order valence-electron chi connectivity index (χ4n) is 2.62. The van der Waals surface area contributed by atoms with Crippen molar-refractivity contribution in [3.63, 3.8) is 0 Å². The Labute approximate surface area is 125 Å². The number of pyridine rings is 1. The van der Waals surface area contributed by atoms with Crippen molar-refractivity contribution >= 4 is 29.0 Å². The van der Waals surface area contributed by atoms with Gasteiger partial charge in [0.05, 0.1) is 7.11 Å². The van der Waals surface area contributed by atoms with Crippen molar-refractivity contribution < 1.29 is 4.74 Å². The number of anilines is 1. The minimum absolute atomic E-state index is 0. The highest BCUT2D eigenvalue weighted by Gasteiger charge is 2.14. The molecule has 0 unspecified atom stereocenters. The van der Waals surface area contributed by atoms with E-state index < -0.39 is 0 Å². The Balaban J connectivity index is 0.00000147. The standard InChI is InChI=1S/C15H19N3O.ClH/c1-19-14-5-4-13(12-3-2-8-17-15(12)14)18-11-6-9-16-10-7-11;/h2-5,8,11,16,18H,6-7,9-10H2,1H3;1H. The molecular formula is C15H20ClN3O. The van der Waals surface area contributed by atoms with E-state index in [1.807, 2.05) is 12.1 Å². The molecule has 3 rings (SSSR count). The summed E-state index contributed by atoms with van der Waals surface area (Å²) in [6, 6.07) is 8.67. The van der Waals surface area contributed by atoms with Gasteiger partial charge >= 0.3 is 0 Å². The first kappa shape index (κ1) is 14.9. The molecule has 1 aliphatic rings. The quantitative estimate of drug-likeness (QED) is 0.913. The van der Waals surface area contributed by atoms with Gasteiger partial charge in [0.25, 0.3) is 0 Å². The smallest absolute Gasteiger partial charge is 0.145 e. The van der Waals surface area contributed by atoms with E-state index >= 15 is 0 Å². The van der Waals surface area contributed by atoms with Crippen molar-refractivity contribution in [3.05, 3.63) is 30.5 Å². The molecule has 0 radical (unpaired) electrons. The monoisotopic (exact) mass is 293 g/mol. The van der Waals surface area contributed by atoms with Gasteiger partial charge < -0.3 is 15.4 Å². The molecule has 1 aromatic carbocycles. The van der Waals surface area contributed by atoms with Crippen LogP contribution in [0.3, 0.4) is 0 Å². The topological polar surface area (TPSA) is 46.2 Å². The second-order valence-corrected chi connectivity index (χ2v) is 4.88. The third-order valence-corrected chi connectivity index (χ3v) is 3.65. The normalized spacial score (nSPS) is 15.7. The Morgan fingerprint density at radius 1 is 1.25 bits per heavy atom. The number of nitrogens with one attached hydrogen (secondary N) is 2. The van der Waals surface area contributed by atoms with Crippen LogP contribution in [0.25, 0.3) is 10.9 Å². The maximum atomic E-state index is 5.37. The number of halogens is 1. The number of hydrogen-bond acceptors (Lipinski definition) is 4. The first-order valence-electron chi connectivity index (χ1n) is 6.77. The summed E-state index contributed by atoms with van der Waals surface area (Å²) in [7, 11) is 1.68. The number of fused-ring (bicyclic) bond motifs is 1. The van der Waals surface area contributed by atoms with Crippen molar-refractivity contribution in [3.8, 4) is 5.75 Å². The van der Waals surface area contributed by atoms with E-state index in [4.69, 9.17) is 4.74 Å². The largest absolute Gasteiger partial charge is 0.494 e. The minimum atomic E-state index is 0. The Kier molecular flexibility index (Phi) is 5.04. The zero-order valence-corrected chi connectivity index (χ0v) is 12.4. The molecule has 0 aliphatic carbocycles. The number of piperidine rings is 1. The number of benzene rings is 1. The maximum Gasteiger partial charge on any atom is 0.145 e. The molecule has 0 atom stereocenters. The lowest BCUT2D eigenvalue weighted by molar-refractivity contribution is 0.419. The molecule has 108 valence electrons. The van der Waals surface area contributed by atoms with E-state index in [1.54, 1.807) is 13.3 Å². The molecule has 1 saturated heterocycles. The van der Waals surface area contributed by atoms with Gasteiger partial charge in [-0.15, -0.1) is 12.4 Å². The first-order valence-corrected chi connectivity index (χ1v) is 6.77. The number of nitrogens with zero attached hydrogens (tertiary/aromatic N) is 1. The second kappa shape index (κ2) is 6.77. The molecule has 1 fully saturated rings. The molecule has 0 amide bonds. The van der Waals surface area contributed by atoms with Crippen LogP contribution in [0.1, 0.15) is 12.8 Å². The lowest BCUT2D eigenvalue weighted by atomic mass is 10.1. The Morgan fingerprint density at radius 3 is 2.80 bits per heavy atom. The van der Waals surface area contributed by atoms with Gasteiger partial charge in [-0.1, -0.05) is 0 Å². The molecule has 1 aromatic heterocycles. The summed E-state index contributed by atoms with van der Waals surface area (Å²) < 4.78 is 5.37. The highest BCUT2D eigenvalue weighted by atomic mass is 35.5. The maximum absolute atomic E-state index is 5.37. The van der Waals surface area contributed by atoms with Crippen molar-refractivity contribution in [1.82, 2.24) is 10.3 Å². The molecule has 5 heteroatoms. The van der Waals surface area contributed by atoms with Crippen LogP contribution >= 0.6 is 12.4 Å². The van der Waals surface area contributed by atoms with Crippen LogP contribution in [0.15, 0.2) is 30.5 Å². The van der Waals surface area contributed by atoms with Gasteiger partial charge in [0.1, 0.15) is 11.3 Å². The van der Waals surface area contributed by atoms with Crippen LogP contribution in [0.5, 0.6) is 5.75 Å². The lowest BCUT2D eigenvalue weighted by Crippen LogP contribution is -2.35. The van der Waals surface area contributed by atoms with Crippen molar-refractivity contribution in [2.45, 2.75) is 18.9 Å². The average molecular weight is 294 g/mol. The number of hydrogen-bond donors (Lipinski definition) is 2. The summed E-state index contributed by atoms with van der Waals surface area (Å²) in [5.74, 6) is 0.825. The molecule has 2 N–H and O–H groups in total. The van der Waals surface area contributed by atoms with Crippen LogP contribution in [0, 0.1) is 0 Å². The van der Waals surface area contributed by atoms with E-state index in [1.165, 1.54) is 0 Å². The summed E-state index contributed by atoms with van der Waals surface area (Å²) in [6.07, 6.45) is 4.13. The van der Waals surface area contributed by atoms with Gasteiger partial charge in [0.15, 0.2) is 0 Å². The molecule has 2 heterocycles. The predicted molar refractivity (Wildman–Crippen MR) is 85.1 cm³/mol. The van der Waals surface area contributed by atoms with Crippen molar-refractivity contribution in [2.75, 3.05) is 25.5 Å². The SMILES string of the molecule is COc1ccc(NC2CCNCC2)c2cccnc12.Cl. The van der Waals surface area contributed by atoms with Crippen LogP contribution < -0.4 is 15.4 Å². The average Bonchev–Trinajstić information content (AvgIpc) is 2.49. The van der Waals surface area contributed by atoms with Crippen molar-refractivity contribution in [1.29, 1.82) is 0 Å². The van der Waals surface area contributed by atoms with Gasteiger partial charge in [-0.25, -0.2) is 0 Å². The van der Waals surface area contributed by atoms with E-state index in [-0.39, 0.29) is 12.4 Å². The van der Waals surface area contributed by atoms with Crippen LogP contribution in [0.4, 0.5) is 5.69 Å². The molecule has 4 nitrogen and oxygen atoms in total. The molecule has 1 aliphatic heterocycles. The Bertz CT molecular complexity index is 570. The second-order valence-electron chi connectivity index (χ2n) is 4.88. The van der Waals surface area contributed by atoms with Gasteiger partial charge in [0, 0.05) is 23.3 Å². The number of rotatable bonds is 3. The van der Waals surface area contributed by atoms with Gasteiger partial charge in [-0.3, -0.25) is 4.98 Å². The Hall–Kier alpha value is -1.52. The fraction of sp³-hybridized carbons (Fsp3) is 0.400. The van der Waals surface area contributed by atoms with Gasteiger partial charge in [-0.2, -0.15) is 0 Å². The number of ether oxygens (including phenoxy) is 1. The fourth-order valence-corrected chi connectivity index (χ4v) is 2.62. The highest BCUT2D eigenvalue weighted by molar-refractivity contribution is 5.95. The van der Waals surface area contributed by atoms with Crippen LogP contribution in [0.2, 0.25) is 0 Å². The first-order chi connectivity index (χ1) is 9.38. The molecular weight excluding hydrogens is 274 g/mol. The van der Waals surface area contributed by atoms with Crippen LogP contribution in [-0.2, 0) is 0 Å². The summed E-state index contributed by atoms with van der Waals surface area (Å²) in [6.45, 7) is 2.17.